The van der Waals surface area contributed by atoms with Crippen molar-refractivity contribution in [3.63, 3.8) is 0 Å². The van der Waals surface area contributed by atoms with E-state index in [-0.39, 0.29) is 24.7 Å². The number of benzene rings is 1. The first-order valence-corrected chi connectivity index (χ1v) is 11.3. The molecule has 0 bridgehead atoms. The Kier molecular flexibility index (Phi) is 6.38. The number of hydrogen-bond donors (Lipinski definition) is 0. The topological polar surface area (TPSA) is 65.9 Å². The summed E-state index contributed by atoms with van der Waals surface area (Å²) in [5.74, 6) is -0.216. The Hall–Kier alpha value is -2.80. The van der Waals surface area contributed by atoms with Crippen LogP contribution in [0.2, 0.25) is 0 Å². The van der Waals surface area contributed by atoms with Crippen LogP contribution >= 0.6 is 11.3 Å². The number of thiazole rings is 1. The van der Waals surface area contributed by atoms with Gasteiger partial charge < -0.3 is 0 Å². The Morgan fingerprint density at radius 3 is 2.70 bits per heavy atom. The normalized spacial score (nSPS) is 15.5. The molecule has 2 heterocycles. The summed E-state index contributed by atoms with van der Waals surface area (Å²) >= 11 is 1.60. The average molecular weight is 423 g/mol. The van der Waals surface area contributed by atoms with Crippen LogP contribution in [0.15, 0.2) is 48.1 Å². The van der Waals surface area contributed by atoms with Gasteiger partial charge in [0, 0.05) is 30.7 Å². The molecule has 0 unspecified atom stereocenters. The van der Waals surface area contributed by atoms with E-state index in [4.69, 9.17) is 4.98 Å². The van der Waals surface area contributed by atoms with Gasteiger partial charge in [-0.3, -0.25) is 14.5 Å². The van der Waals surface area contributed by atoms with E-state index >= 15 is 0 Å². The third-order valence-electron chi connectivity index (χ3n) is 5.43. The summed E-state index contributed by atoms with van der Waals surface area (Å²) in [6.45, 7) is 4.74. The number of fused-ring (bicyclic) bond motifs is 1. The maximum atomic E-state index is 12.9. The zero-order valence-electron chi connectivity index (χ0n) is 17.0. The zero-order valence-corrected chi connectivity index (χ0v) is 17.9. The second-order valence-electron chi connectivity index (χ2n) is 7.55. The number of rotatable bonds is 7. The van der Waals surface area contributed by atoms with Crippen LogP contribution in [-0.2, 0) is 22.4 Å². The molecule has 2 aliphatic rings. The first-order valence-electron chi connectivity index (χ1n) is 10.5. The Morgan fingerprint density at radius 1 is 1.13 bits per heavy atom. The van der Waals surface area contributed by atoms with Crippen molar-refractivity contribution in [2.45, 2.75) is 44.9 Å². The molecule has 0 saturated heterocycles. The van der Waals surface area contributed by atoms with Gasteiger partial charge in [0.2, 0.25) is 11.8 Å². The van der Waals surface area contributed by atoms with Crippen molar-refractivity contribution in [3.05, 3.63) is 59.1 Å². The third-order valence-corrected chi connectivity index (χ3v) is 6.61. The molecule has 2 amide bonds. The molecule has 0 spiro atoms. The van der Waals surface area contributed by atoms with E-state index in [9.17, 15) is 9.59 Å². The minimum absolute atomic E-state index is 0.0965. The quantitative estimate of drug-likeness (QED) is 0.635. The van der Waals surface area contributed by atoms with Crippen LogP contribution < -0.4 is 4.90 Å². The van der Waals surface area contributed by atoms with Gasteiger partial charge in [-0.25, -0.2) is 9.99 Å². The molecule has 30 heavy (non-hydrogen) atoms. The van der Waals surface area contributed by atoms with Gasteiger partial charge >= 0.3 is 0 Å². The molecule has 0 saturated carbocycles. The molecule has 6 nitrogen and oxygen atoms in total. The first kappa shape index (κ1) is 20.5. The number of hydrogen-bond acceptors (Lipinski definition) is 5. The van der Waals surface area contributed by atoms with Crippen molar-refractivity contribution in [2.24, 2.45) is 5.10 Å². The minimum atomic E-state index is -0.119. The van der Waals surface area contributed by atoms with Crippen molar-refractivity contribution in [3.8, 4) is 0 Å². The van der Waals surface area contributed by atoms with Crippen LogP contribution in [0.1, 0.15) is 48.2 Å². The predicted octanol–water partition coefficient (Wildman–Crippen LogP) is 3.96. The summed E-state index contributed by atoms with van der Waals surface area (Å²) in [6, 6.07) is 9.88. The fourth-order valence-corrected chi connectivity index (χ4v) is 4.99. The van der Waals surface area contributed by atoms with E-state index in [1.54, 1.807) is 22.3 Å². The van der Waals surface area contributed by atoms with Gasteiger partial charge in [0.15, 0.2) is 5.13 Å². The highest BCUT2D eigenvalue weighted by molar-refractivity contribution is 7.16. The summed E-state index contributed by atoms with van der Waals surface area (Å²) in [4.78, 5) is 33.1. The maximum absolute atomic E-state index is 12.9. The first-order chi connectivity index (χ1) is 14.7. The van der Waals surface area contributed by atoms with Gasteiger partial charge in [-0.1, -0.05) is 36.4 Å². The number of anilines is 1. The molecule has 4 rings (SSSR count). The number of amides is 2. The minimum Gasteiger partial charge on any atom is -0.284 e. The Bertz CT molecular complexity index is 943. The average Bonchev–Trinajstić information content (AvgIpc) is 3.43. The van der Waals surface area contributed by atoms with Crippen molar-refractivity contribution in [1.29, 1.82) is 0 Å². The number of aromatic nitrogens is 1. The smallest absolute Gasteiger partial charge is 0.243 e. The van der Waals surface area contributed by atoms with Crippen LogP contribution in [0.5, 0.6) is 0 Å². The summed E-state index contributed by atoms with van der Waals surface area (Å²) in [7, 11) is 0. The van der Waals surface area contributed by atoms with Gasteiger partial charge in [-0.05, 0) is 31.2 Å². The van der Waals surface area contributed by atoms with Crippen LogP contribution in [0, 0.1) is 0 Å². The number of aryl methyl sites for hydroxylation is 2. The largest absolute Gasteiger partial charge is 0.284 e. The summed E-state index contributed by atoms with van der Waals surface area (Å²) in [5.41, 5.74) is 3.07. The maximum Gasteiger partial charge on any atom is 0.243 e. The monoisotopic (exact) mass is 422 g/mol. The lowest BCUT2D eigenvalue weighted by molar-refractivity contribution is -0.132. The molecule has 156 valence electrons. The van der Waals surface area contributed by atoms with Crippen LogP contribution in [0.4, 0.5) is 5.13 Å². The fraction of sp³-hybridized carbons (Fsp3) is 0.391. The van der Waals surface area contributed by atoms with E-state index in [0.717, 1.165) is 47.8 Å². The number of carbonyl (C=O) groups excluding carboxylic acids is 2. The molecule has 1 aliphatic carbocycles. The highest BCUT2D eigenvalue weighted by atomic mass is 32.1. The van der Waals surface area contributed by atoms with E-state index in [0.29, 0.717) is 13.1 Å². The van der Waals surface area contributed by atoms with Gasteiger partial charge in [0.1, 0.15) is 0 Å². The van der Waals surface area contributed by atoms with Crippen LogP contribution in [0.25, 0.3) is 0 Å². The third kappa shape index (κ3) is 4.51. The summed E-state index contributed by atoms with van der Waals surface area (Å²) in [5, 5.41) is 6.69. The van der Waals surface area contributed by atoms with Gasteiger partial charge in [-0.2, -0.15) is 5.10 Å². The predicted molar refractivity (Wildman–Crippen MR) is 120 cm³/mol. The van der Waals surface area contributed by atoms with Gasteiger partial charge in [0.25, 0.3) is 0 Å². The molecule has 7 heteroatoms. The lowest BCUT2D eigenvalue weighted by Crippen LogP contribution is -2.32. The highest BCUT2D eigenvalue weighted by Crippen LogP contribution is 2.32. The number of hydrazone groups is 1. The van der Waals surface area contributed by atoms with Crippen molar-refractivity contribution in [2.75, 3.05) is 18.0 Å². The summed E-state index contributed by atoms with van der Waals surface area (Å²) < 4.78 is 0. The molecule has 1 aromatic heterocycles. The second-order valence-corrected chi connectivity index (χ2v) is 8.61. The van der Waals surface area contributed by atoms with Crippen LogP contribution in [0.3, 0.4) is 0 Å². The lowest BCUT2D eigenvalue weighted by Gasteiger charge is -2.18. The Morgan fingerprint density at radius 2 is 1.93 bits per heavy atom. The summed E-state index contributed by atoms with van der Waals surface area (Å²) in [6.07, 6.45) is 7.08. The van der Waals surface area contributed by atoms with Crippen molar-refractivity contribution >= 4 is 34.0 Å². The van der Waals surface area contributed by atoms with Gasteiger partial charge in [0.05, 0.1) is 18.0 Å². The highest BCUT2D eigenvalue weighted by Gasteiger charge is 2.25. The molecular formula is C23H26N4O2S. The molecule has 0 radical (unpaired) electrons. The van der Waals surface area contributed by atoms with Crippen LogP contribution in [-0.4, -0.2) is 40.6 Å². The molecular weight excluding hydrogens is 396 g/mol. The SMILES string of the molecule is C=CCN(C(=O)CCC(=O)N1CCC(c2ccccc2)=N1)c1nc2c(s1)CCCC2. The van der Waals surface area contributed by atoms with Crippen molar-refractivity contribution in [1.82, 2.24) is 9.99 Å². The Labute approximate surface area is 180 Å². The number of carbonyl (C=O) groups is 2. The molecule has 0 atom stereocenters. The molecule has 0 fully saturated rings. The standard InChI is InChI=1S/C23H26N4O2S/c1-2-15-26(23-24-19-10-6-7-11-20(19)30-23)21(28)12-13-22(29)27-16-14-18(25-27)17-8-4-3-5-9-17/h2-5,8-9H,1,6-7,10-16H2. The van der Waals surface area contributed by atoms with Crippen molar-refractivity contribution < 1.29 is 9.59 Å². The molecule has 1 aliphatic heterocycles. The molecule has 2 aromatic rings. The molecule has 1 aromatic carbocycles. The van der Waals surface area contributed by atoms with E-state index in [1.165, 1.54) is 16.3 Å². The van der Waals surface area contributed by atoms with E-state index in [2.05, 4.69) is 11.7 Å². The lowest BCUT2D eigenvalue weighted by atomic mass is 10.0. The zero-order chi connectivity index (χ0) is 20.9. The number of nitrogens with zero attached hydrogens (tertiary/aromatic N) is 4. The Balaban J connectivity index is 1.37. The fourth-order valence-electron chi connectivity index (χ4n) is 3.82. The van der Waals surface area contributed by atoms with E-state index < -0.39 is 0 Å². The molecule has 0 N–H and O–H groups in total. The van der Waals surface area contributed by atoms with E-state index in [1.807, 2.05) is 30.3 Å². The van der Waals surface area contributed by atoms with Gasteiger partial charge in [-0.15, -0.1) is 17.9 Å². The second kappa shape index (κ2) is 9.34.